The van der Waals surface area contributed by atoms with Crippen LogP contribution in [0.5, 0.6) is 0 Å². The van der Waals surface area contributed by atoms with Gasteiger partial charge in [-0.25, -0.2) is 0 Å². The summed E-state index contributed by atoms with van der Waals surface area (Å²) in [5.41, 5.74) is 0.828. The van der Waals surface area contributed by atoms with Crippen molar-refractivity contribution in [2.45, 2.75) is 38.1 Å². The van der Waals surface area contributed by atoms with Crippen molar-refractivity contribution in [3.8, 4) is 0 Å². The third kappa shape index (κ3) is 2.92. The maximum Gasteiger partial charge on any atom is 0.176 e. The van der Waals surface area contributed by atoms with Gasteiger partial charge in [0.25, 0.3) is 0 Å². The van der Waals surface area contributed by atoms with Crippen LogP contribution in [0, 0.1) is 5.92 Å². The van der Waals surface area contributed by atoms with Gasteiger partial charge in [0.05, 0.1) is 6.54 Å². The third-order valence-electron chi connectivity index (χ3n) is 4.60. The van der Waals surface area contributed by atoms with Gasteiger partial charge < -0.3 is 0 Å². The van der Waals surface area contributed by atoms with E-state index in [-0.39, 0.29) is 5.78 Å². The first-order chi connectivity index (χ1) is 9.24. The van der Waals surface area contributed by atoms with Crippen molar-refractivity contribution in [1.82, 2.24) is 4.90 Å². The van der Waals surface area contributed by atoms with Crippen LogP contribution in [-0.4, -0.2) is 29.8 Å². The normalized spacial score (nSPS) is 27.2. The number of likely N-dealkylation sites (tertiary alicyclic amines) is 1. The number of fused-ring (bicyclic) bond motifs is 1. The van der Waals surface area contributed by atoms with Crippen LogP contribution in [0.2, 0.25) is 0 Å². The Morgan fingerprint density at radius 3 is 2.95 bits per heavy atom. The van der Waals surface area contributed by atoms with E-state index in [0.717, 1.165) is 22.5 Å². The standard InChI is InChI=1S/C16H20BrNO/c17-14-7-1-5-13(10-14)16(19)11-18-9-3-6-12-4-2-8-15(12)18/h1,5,7,10,12,15H,2-4,6,8-9,11H2. The molecule has 1 aliphatic heterocycles. The first-order valence-corrected chi connectivity index (χ1v) is 8.06. The summed E-state index contributed by atoms with van der Waals surface area (Å²) in [5.74, 6) is 1.11. The molecule has 1 aromatic rings. The van der Waals surface area contributed by atoms with Crippen molar-refractivity contribution >= 4 is 21.7 Å². The van der Waals surface area contributed by atoms with Crippen LogP contribution in [0.1, 0.15) is 42.5 Å². The largest absolute Gasteiger partial charge is 0.293 e. The van der Waals surface area contributed by atoms with Crippen molar-refractivity contribution in [2.24, 2.45) is 5.92 Å². The molecule has 2 unspecified atom stereocenters. The van der Waals surface area contributed by atoms with Crippen LogP contribution >= 0.6 is 15.9 Å². The van der Waals surface area contributed by atoms with E-state index in [0.29, 0.717) is 12.6 Å². The molecule has 0 radical (unpaired) electrons. The van der Waals surface area contributed by atoms with Crippen molar-refractivity contribution in [2.75, 3.05) is 13.1 Å². The van der Waals surface area contributed by atoms with Crippen LogP contribution in [0.25, 0.3) is 0 Å². The molecule has 2 nitrogen and oxygen atoms in total. The van der Waals surface area contributed by atoms with Crippen LogP contribution in [0.15, 0.2) is 28.7 Å². The van der Waals surface area contributed by atoms with Crippen molar-refractivity contribution < 1.29 is 4.79 Å². The lowest BCUT2D eigenvalue weighted by atomic mass is 9.91. The molecule has 1 saturated carbocycles. The molecule has 0 spiro atoms. The number of rotatable bonds is 3. The van der Waals surface area contributed by atoms with Crippen molar-refractivity contribution in [3.63, 3.8) is 0 Å². The number of carbonyl (C=O) groups is 1. The van der Waals surface area contributed by atoms with Gasteiger partial charge in [0, 0.05) is 16.1 Å². The lowest BCUT2D eigenvalue weighted by Gasteiger charge is -2.37. The molecule has 0 N–H and O–H groups in total. The lowest BCUT2D eigenvalue weighted by molar-refractivity contribution is 0.0777. The molecule has 3 rings (SSSR count). The molecule has 0 aromatic heterocycles. The predicted molar refractivity (Wildman–Crippen MR) is 80.4 cm³/mol. The molecule has 1 saturated heterocycles. The zero-order chi connectivity index (χ0) is 13.2. The second-order valence-corrected chi connectivity index (χ2v) is 6.72. The number of hydrogen-bond acceptors (Lipinski definition) is 2. The van der Waals surface area contributed by atoms with Gasteiger partial charge in [-0.3, -0.25) is 9.69 Å². The molecule has 19 heavy (non-hydrogen) atoms. The monoisotopic (exact) mass is 321 g/mol. The van der Waals surface area contributed by atoms with Gasteiger partial charge >= 0.3 is 0 Å². The van der Waals surface area contributed by atoms with Gasteiger partial charge in [-0.2, -0.15) is 0 Å². The zero-order valence-corrected chi connectivity index (χ0v) is 12.7. The average molecular weight is 322 g/mol. The van der Waals surface area contributed by atoms with E-state index >= 15 is 0 Å². The fourth-order valence-electron chi connectivity index (χ4n) is 3.69. The number of hydrogen-bond donors (Lipinski definition) is 0. The Balaban J connectivity index is 1.69. The van der Waals surface area contributed by atoms with E-state index in [1.807, 2.05) is 24.3 Å². The number of benzene rings is 1. The highest BCUT2D eigenvalue weighted by atomic mass is 79.9. The molecule has 2 aliphatic rings. The Bertz CT molecular complexity index is 474. The SMILES string of the molecule is O=C(CN1CCCC2CCCC21)c1cccc(Br)c1. The quantitative estimate of drug-likeness (QED) is 0.787. The van der Waals surface area contributed by atoms with Gasteiger partial charge in [0.1, 0.15) is 0 Å². The number of halogens is 1. The molecular weight excluding hydrogens is 302 g/mol. The number of ketones is 1. The molecule has 0 bridgehead atoms. The predicted octanol–water partition coefficient (Wildman–Crippen LogP) is 3.90. The smallest absolute Gasteiger partial charge is 0.176 e. The van der Waals surface area contributed by atoms with E-state index < -0.39 is 0 Å². The van der Waals surface area contributed by atoms with E-state index in [9.17, 15) is 4.79 Å². The lowest BCUT2D eigenvalue weighted by Crippen LogP contribution is -2.45. The summed E-state index contributed by atoms with van der Waals surface area (Å²) in [6, 6.07) is 8.42. The second kappa shape index (κ2) is 5.76. The Morgan fingerprint density at radius 2 is 2.11 bits per heavy atom. The fraction of sp³-hybridized carbons (Fsp3) is 0.562. The minimum absolute atomic E-state index is 0.258. The summed E-state index contributed by atoms with van der Waals surface area (Å²) in [6.45, 7) is 1.69. The second-order valence-electron chi connectivity index (χ2n) is 5.80. The summed E-state index contributed by atoms with van der Waals surface area (Å²) in [4.78, 5) is 14.8. The van der Waals surface area contributed by atoms with Gasteiger partial charge in [-0.1, -0.05) is 34.5 Å². The molecule has 1 aromatic carbocycles. The number of piperidine rings is 1. The third-order valence-corrected chi connectivity index (χ3v) is 5.09. The first-order valence-electron chi connectivity index (χ1n) is 7.27. The van der Waals surface area contributed by atoms with Crippen LogP contribution < -0.4 is 0 Å². The maximum absolute atomic E-state index is 12.4. The van der Waals surface area contributed by atoms with Crippen LogP contribution in [-0.2, 0) is 0 Å². The molecule has 3 heteroatoms. The Hall–Kier alpha value is -0.670. The van der Waals surface area contributed by atoms with Crippen LogP contribution in [0.4, 0.5) is 0 Å². The maximum atomic E-state index is 12.4. The van der Waals surface area contributed by atoms with Crippen molar-refractivity contribution in [1.29, 1.82) is 0 Å². The molecule has 2 fully saturated rings. The Kier molecular flexibility index (Phi) is 4.04. The molecule has 1 heterocycles. The van der Waals surface area contributed by atoms with Crippen molar-refractivity contribution in [3.05, 3.63) is 34.3 Å². The van der Waals surface area contributed by atoms with Crippen LogP contribution in [0.3, 0.4) is 0 Å². The van der Waals surface area contributed by atoms with E-state index in [4.69, 9.17) is 0 Å². The highest BCUT2D eigenvalue weighted by molar-refractivity contribution is 9.10. The first kappa shape index (κ1) is 13.3. The zero-order valence-electron chi connectivity index (χ0n) is 11.1. The van der Waals surface area contributed by atoms with Gasteiger partial charge in [-0.15, -0.1) is 0 Å². The number of nitrogens with zero attached hydrogens (tertiary/aromatic N) is 1. The molecule has 102 valence electrons. The summed E-state index contributed by atoms with van der Waals surface area (Å²) in [6.07, 6.45) is 6.62. The highest BCUT2D eigenvalue weighted by Crippen LogP contribution is 2.36. The van der Waals surface area contributed by atoms with Gasteiger partial charge in [0.2, 0.25) is 0 Å². The average Bonchev–Trinajstić information content (AvgIpc) is 2.88. The molecule has 0 amide bonds. The number of carbonyl (C=O) groups excluding carboxylic acids is 1. The topological polar surface area (TPSA) is 20.3 Å². The molecule has 1 aliphatic carbocycles. The highest BCUT2D eigenvalue weighted by Gasteiger charge is 2.35. The van der Waals surface area contributed by atoms with E-state index in [1.165, 1.54) is 32.1 Å². The van der Waals surface area contributed by atoms with Gasteiger partial charge in [0.15, 0.2) is 5.78 Å². The Labute approximate surface area is 123 Å². The minimum Gasteiger partial charge on any atom is -0.293 e. The minimum atomic E-state index is 0.258. The fourth-order valence-corrected chi connectivity index (χ4v) is 4.09. The summed E-state index contributed by atoms with van der Waals surface area (Å²) in [5, 5.41) is 0. The Morgan fingerprint density at radius 1 is 1.26 bits per heavy atom. The van der Waals surface area contributed by atoms with E-state index in [1.54, 1.807) is 0 Å². The summed E-state index contributed by atoms with van der Waals surface area (Å²) < 4.78 is 0.982. The van der Waals surface area contributed by atoms with E-state index in [2.05, 4.69) is 20.8 Å². The summed E-state index contributed by atoms with van der Waals surface area (Å²) in [7, 11) is 0. The van der Waals surface area contributed by atoms with Gasteiger partial charge in [-0.05, 0) is 50.3 Å². The number of Topliss-reactive ketones (excluding diaryl/α,β-unsaturated/α-hetero) is 1. The summed E-state index contributed by atoms with van der Waals surface area (Å²) >= 11 is 3.43. The molecule has 2 atom stereocenters. The molecular formula is C16H20BrNO.